The number of carbonyl (C=O) groups is 3. The average Bonchev–Trinajstić information content (AvgIpc) is 3.47. The molecule has 35 heavy (non-hydrogen) atoms. The molecule has 2 atom stereocenters. The van der Waals surface area contributed by atoms with Gasteiger partial charge in [-0.3, -0.25) is 4.79 Å². The molecule has 8 heteroatoms. The minimum Gasteiger partial charge on any atom is -0.479 e. The number of alkyl carbamates (subject to hydrolysis) is 1. The summed E-state index contributed by atoms with van der Waals surface area (Å²) in [5.74, 6) is -1.39. The molecule has 2 unspecified atom stereocenters. The van der Waals surface area contributed by atoms with Gasteiger partial charge in [0.25, 0.3) is 0 Å². The van der Waals surface area contributed by atoms with E-state index < -0.39 is 30.1 Å². The largest absolute Gasteiger partial charge is 0.479 e. The Hall–Kier alpha value is -3.65. The Balaban J connectivity index is 1.20. The fourth-order valence-electron chi connectivity index (χ4n) is 4.76. The van der Waals surface area contributed by atoms with Gasteiger partial charge in [0.15, 0.2) is 6.04 Å². The number of rotatable bonds is 9. The van der Waals surface area contributed by atoms with Crippen LogP contribution in [0.2, 0.25) is 0 Å². The van der Waals surface area contributed by atoms with E-state index in [4.69, 9.17) is 4.74 Å². The van der Waals surface area contributed by atoms with Crippen LogP contribution in [0.15, 0.2) is 66.0 Å². The number of fused-ring (bicyclic) bond motifs is 3. The molecule has 0 aliphatic heterocycles. The van der Waals surface area contributed by atoms with Gasteiger partial charge >= 0.3 is 12.1 Å². The summed E-state index contributed by atoms with van der Waals surface area (Å²) in [7, 11) is 0. The number of thiophene rings is 1. The number of carbonyl (C=O) groups excluding carboxylic acids is 2. The summed E-state index contributed by atoms with van der Waals surface area (Å²) in [6, 6.07) is 18.2. The first kappa shape index (κ1) is 23.1. The summed E-state index contributed by atoms with van der Waals surface area (Å²) in [4.78, 5) is 37.6. The van der Waals surface area contributed by atoms with E-state index in [1.807, 2.05) is 24.3 Å². The van der Waals surface area contributed by atoms with Gasteiger partial charge in [-0.15, -0.1) is 11.3 Å². The zero-order chi connectivity index (χ0) is 24.4. The smallest absolute Gasteiger partial charge is 0.407 e. The Kier molecular flexibility index (Phi) is 6.55. The molecular formula is C27H26N2O5S. The summed E-state index contributed by atoms with van der Waals surface area (Å²) in [5.41, 5.74) is 4.58. The third kappa shape index (κ3) is 5.07. The van der Waals surface area contributed by atoms with Crippen molar-refractivity contribution in [1.82, 2.24) is 10.6 Å². The normalized spacial score (nSPS) is 16.0. The Morgan fingerprint density at radius 3 is 2.17 bits per heavy atom. The van der Waals surface area contributed by atoms with Crippen LogP contribution in [0.4, 0.5) is 4.79 Å². The van der Waals surface area contributed by atoms with Crippen molar-refractivity contribution in [1.29, 1.82) is 0 Å². The number of ether oxygens (including phenoxy) is 1. The van der Waals surface area contributed by atoms with Crippen LogP contribution >= 0.6 is 11.3 Å². The van der Waals surface area contributed by atoms with E-state index in [2.05, 4.69) is 34.9 Å². The summed E-state index contributed by atoms with van der Waals surface area (Å²) >= 11 is 1.27. The van der Waals surface area contributed by atoms with Gasteiger partial charge in [0.1, 0.15) is 6.61 Å². The molecule has 1 saturated carbocycles. The lowest BCUT2D eigenvalue weighted by molar-refractivity contribution is -0.142. The quantitative estimate of drug-likeness (QED) is 0.403. The summed E-state index contributed by atoms with van der Waals surface area (Å²) in [6.07, 6.45) is 1.26. The first-order valence-electron chi connectivity index (χ1n) is 11.7. The Bertz CT molecular complexity index is 1190. The molecule has 1 fully saturated rings. The molecule has 0 spiro atoms. The van der Waals surface area contributed by atoms with Gasteiger partial charge in [0.2, 0.25) is 5.91 Å². The minimum atomic E-state index is -1.12. The second-order valence-corrected chi connectivity index (χ2v) is 9.95. The molecule has 2 aliphatic rings. The Morgan fingerprint density at radius 2 is 1.60 bits per heavy atom. The monoisotopic (exact) mass is 490 g/mol. The lowest BCUT2D eigenvalue weighted by Gasteiger charge is -2.20. The molecule has 2 amide bonds. The van der Waals surface area contributed by atoms with Crippen molar-refractivity contribution in [3.05, 3.63) is 82.0 Å². The highest BCUT2D eigenvalue weighted by molar-refractivity contribution is 7.10. The predicted molar refractivity (Wildman–Crippen MR) is 132 cm³/mol. The van der Waals surface area contributed by atoms with Crippen LogP contribution in [-0.2, 0) is 14.3 Å². The molecule has 180 valence electrons. The highest BCUT2D eigenvalue weighted by Crippen LogP contribution is 2.44. The number of hydrogen-bond donors (Lipinski definition) is 3. The van der Waals surface area contributed by atoms with Crippen LogP contribution in [0.25, 0.3) is 11.1 Å². The molecule has 3 aromatic rings. The fraction of sp³-hybridized carbons (Fsp3) is 0.296. The van der Waals surface area contributed by atoms with E-state index in [-0.39, 0.29) is 24.9 Å². The van der Waals surface area contributed by atoms with Crippen LogP contribution in [0.3, 0.4) is 0 Å². The van der Waals surface area contributed by atoms with Gasteiger partial charge in [-0.2, -0.15) is 0 Å². The highest BCUT2D eigenvalue weighted by Gasteiger charge is 2.36. The van der Waals surface area contributed by atoms with Gasteiger partial charge in [0, 0.05) is 23.3 Å². The third-order valence-electron chi connectivity index (χ3n) is 6.62. The second-order valence-electron chi connectivity index (χ2n) is 8.97. The van der Waals surface area contributed by atoms with Gasteiger partial charge in [-0.25, -0.2) is 9.59 Å². The summed E-state index contributed by atoms with van der Waals surface area (Å²) in [5, 5.41) is 16.7. The molecule has 3 N–H and O–H groups in total. The van der Waals surface area contributed by atoms with Crippen molar-refractivity contribution in [2.75, 3.05) is 6.61 Å². The van der Waals surface area contributed by atoms with Crippen LogP contribution in [0.1, 0.15) is 47.2 Å². The molecule has 1 heterocycles. The summed E-state index contributed by atoms with van der Waals surface area (Å²) < 4.78 is 5.63. The number of carboxylic acids is 1. The van der Waals surface area contributed by atoms with Crippen molar-refractivity contribution in [3.63, 3.8) is 0 Å². The second kappa shape index (κ2) is 9.92. The molecule has 2 aliphatic carbocycles. The zero-order valence-electron chi connectivity index (χ0n) is 19.0. The number of amides is 2. The highest BCUT2D eigenvalue weighted by atomic mass is 32.1. The molecule has 0 saturated heterocycles. The van der Waals surface area contributed by atoms with Crippen molar-refractivity contribution in [2.24, 2.45) is 5.92 Å². The van der Waals surface area contributed by atoms with Crippen LogP contribution in [0.5, 0.6) is 0 Å². The standard InChI is InChI=1S/C27H26N2O5S/c30-24(29-25(26(31)32)23-10-5-13-35-23)14-22(16-11-12-16)28-27(33)34-15-21-19-8-3-1-6-17(19)18-7-2-4-9-20(18)21/h1-10,13,16,21-22,25H,11-12,14-15H2,(H,28,33)(H,29,30)(H,31,32). The van der Waals surface area contributed by atoms with E-state index in [0.717, 1.165) is 35.1 Å². The first-order valence-corrected chi connectivity index (χ1v) is 12.6. The molecule has 0 radical (unpaired) electrons. The van der Waals surface area contributed by atoms with Gasteiger partial charge in [-0.05, 0) is 52.5 Å². The van der Waals surface area contributed by atoms with Crippen molar-refractivity contribution in [3.8, 4) is 11.1 Å². The number of nitrogens with one attached hydrogen (secondary N) is 2. The maximum Gasteiger partial charge on any atom is 0.407 e. The van der Waals surface area contributed by atoms with E-state index in [0.29, 0.717) is 4.88 Å². The minimum absolute atomic E-state index is 0.00399. The number of aliphatic carboxylic acids is 1. The predicted octanol–water partition coefficient (Wildman–Crippen LogP) is 4.70. The Morgan fingerprint density at radius 1 is 0.943 bits per heavy atom. The average molecular weight is 491 g/mol. The lowest BCUT2D eigenvalue weighted by Crippen LogP contribution is -2.42. The van der Waals surface area contributed by atoms with Gasteiger partial charge in [-0.1, -0.05) is 54.6 Å². The van der Waals surface area contributed by atoms with E-state index in [1.54, 1.807) is 17.5 Å². The molecule has 2 aromatic carbocycles. The molecule has 7 nitrogen and oxygen atoms in total. The third-order valence-corrected chi connectivity index (χ3v) is 7.56. The van der Waals surface area contributed by atoms with Crippen LogP contribution < -0.4 is 10.6 Å². The Labute approximate surface area is 207 Å². The molecular weight excluding hydrogens is 464 g/mol. The topological polar surface area (TPSA) is 105 Å². The van der Waals surface area contributed by atoms with E-state index in [9.17, 15) is 19.5 Å². The van der Waals surface area contributed by atoms with Crippen molar-refractivity contribution >= 4 is 29.3 Å². The van der Waals surface area contributed by atoms with Crippen molar-refractivity contribution < 1.29 is 24.2 Å². The maximum atomic E-state index is 12.7. The fourth-order valence-corrected chi connectivity index (χ4v) is 5.52. The lowest BCUT2D eigenvalue weighted by atomic mass is 9.98. The van der Waals surface area contributed by atoms with Crippen molar-refractivity contribution in [2.45, 2.75) is 37.3 Å². The molecule has 0 bridgehead atoms. The van der Waals surface area contributed by atoms with E-state index >= 15 is 0 Å². The number of carboxylic acid groups (broad SMARTS) is 1. The van der Waals surface area contributed by atoms with Gasteiger partial charge < -0.3 is 20.5 Å². The summed E-state index contributed by atoms with van der Waals surface area (Å²) in [6.45, 7) is 0.197. The maximum absolute atomic E-state index is 12.7. The van der Waals surface area contributed by atoms with E-state index in [1.165, 1.54) is 11.3 Å². The SMILES string of the molecule is O=C(CC(NC(=O)OCC1c2ccccc2-c2ccccc21)C1CC1)NC(C(=O)O)c1cccs1. The number of benzene rings is 2. The molecule has 5 rings (SSSR count). The van der Waals surface area contributed by atoms with Crippen LogP contribution in [0, 0.1) is 5.92 Å². The zero-order valence-corrected chi connectivity index (χ0v) is 19.8. The van der Waals surface area contributed by atoms with Gasteiger partial charge in [0.05, 0.1) is 0 Å². The van der Waals surface area contributed by atoms with Crippen LogP contribution in [-0.4, -0.2) is 35.7 Å². The first-order chi connectivity index (χ1) is 17.0. The number of hydrogen-bond acceptors (Lipinski definition) is 5. The molecule has 1 aromatic heterocycles.